The van der Waals surface area contributed by atoms with E-state index >= 15 is 0 Å². The molecule has 0 aliphatic carbocycles. The molecule has 2 aromatic rings. The highest BCUT2D eigenvalue weighted by Crippen LogP contribution is 2.29. The van der Waals surface area contributed by atoms with E-state index in [0.29, 0.717) is 17.9 Å². The van der Waals surface area contributed by atoms with Gasteiger partial charge in [0, 0.05) is 18.8 Å². The van der Waals surface area contributed by atoms with E-state index in [9.17, 15) is 18.0 Å². The minimum absolute atomic E-state index is 0.0294. The summed E-state index contributed by atoms with van der Waals surface area (Å²) in [6.45, 7) is 4.32. The summed E-state index contributed by atoms with van der Waals surface area (Å²) in [5.41, 5.74) is 2.37. The molecule has 0 spiro atoms. The monoisotopic (exact) mass is 377 g/mol. The first-order valence-electron chi connectivity index (χ1n) is 8.15. The van der Waals surface area contributed by atoms with Crippen LogP contribution < -0.4 is 10.4 Å². The van der Waals surface area contributed by atoms with E-state index in [4.69, 9.17) is 5.26 Å². The average molecular weight is 377 g/mol. The van der Waals surface area contributed by atoms with Gasteiger partial charge < -0.3 is 0 Å². The normalized spacial score (nSPS) is 11.1. The fraction of sp³-hybridized carbons (Fsp3) is 0.333. The summed E-state index contributed by atoms with van der Waals surface area (Å²) < 4.78 is 37.8. The van der Waals surface area contributed by atoms with Crippen molar-refractivity contribution < 1.29 is 18.0 Å². The predicted octanol–water partition coefficient (Wildman–Crippen LogP) is 3.10. The Kier molecular flexibility index (Phi) is 6.34. The Morgan fingerprint density at radius 1 is 1.26 bits per heavy atom. The van der Waals surface area contributed by atoms with Gasteiger partial charge in [-0.3, -0.25) is 15.2 Å². The van der Waals surface area contributed by atoms with Crippen LogP contribution in [0.3, 0.4) is 0 Å². The number of carbonyl (C=O) groups excluding carboxylic acids is 1. The lowest BCUT2D eigenvalue weighted by atomic mass is 10.1. The number of benzene rings is 1. The molecule has 1 amide bonds. The third kappa shape index (κ3) is 5.95. The number of nitriles is 1. The van der Waals surface area contributed by atoms with Gasteiger partial charge >= 0.3 is 6.18 Å². The van der Waals surface area contributed by atoms with E-state index in [-0.39, 0.29) is 18.2 Å². The Hall–Kier alpha value is -3.15. The first kappa shape index (κ1) is 20.2. The van der Waals surface area contributed by atoms with E-state index < -0.39 is 17.6 Å². The summed E-state index contributed by atoms with van der Waals surface area (Å²) in [7, 11) is 0. The van der Waals surface area contributed by atoms with Crippen LogP contribution in [0.25, 0.3) is 0 Å². The standard InChI is InChI=1S/C18H18F3N5O/c1-12(2)11-26(16-7-8-23-15(10-22)24-16)25-17(27)9-13-3-5-14(6-4-13)18(19,20)21/h3-8,12H,9,11H2,1-2H3,(H,25,27). The van der Waals surface area contributed by atoms with Gasteiger partial charge in [0.2, 0.25) is 11.7 Å². The van der Waals surface area contributed by atoms with Crippen molar-refractivity contribution in [1.82, 2.24) is 15.4 Å². The molecule has 0 saturated carbocycles. The maximum Gasteiger partial charge on any atom is 0.416 e. The van der Waals surface area contributed by atoms with Crippen LogP contribution in [0.2, 0.25) is 0 Å². The van der Waals surface area contributed by atoms with Crippen LogP contribution in [-0.4, -0.2) is 22.4 Å². The molecular formula is C18H18F3N5O. The van der Waals surface area contributed by atoms with E-state index in [0.717, 1.165) is 12.1 Å². The van der Waals surface area contributed by atoms with Crippen LogP contribution in [0.4, 0.5) is 19.0 Å². The quantitative estimate of drug-likeness (QED) is 0.783. The van der Waals surface area contributed by atoms with Crippen LogP contribution in [0, 0.1) is 17.2 Å². The lowest BCUT2D eigenvalue weighted by molar-refractivity contribution is -0.137. The SMILES string of the molecule is CC(C)CN(NC(=O)Cc1ccc(C(F)(F)F)cc1)c1ccnc(C#N)n1. The van der Waals surface area contributed by atoms with Gasteiger partial charge in [0.05, 0.1) is 12.0 Å². The number of hydrazine groups is 1. The van der Waals surface area contributed by atoms with Crippen molar-refractivity contribution in [3.63, 3.8) is 0 Å². The molecule has 0 fully saturated rings. The maximum atomic E-state index is 12.6. The number of alkyl halides is 3. The molecule has 0 unspecified atom stereocenters. The fourth-order valence-electron chi connectivity index (χ4n) is 2.30. The first-order valence-corrected chi connectivity index (χ1v) is 8.15. The number of halogens is 3. The Morgan fingerprint density at radius 3 is 2.48 bits per heavy atom. The third-order valence-electron chi connectivity index (χ3n) is 3.47. The number of carbonyl (C=O) groups is 1. The van der Waals surface area contributed by atoms with Crippen molar-refractivity contribution in [1.29, 1.82) is 5.26 Å². The van der Waals surface area contributed by atoms with Gasteiger partial charge in [0.15, 0.2) is 5.82 Å². The van der Waals surface area contributed by atoms with Crippen LogP contribution in [-0.2, 0) is 17.4 Å². The second kappa shape index (κ2) is 8.49. The lowest BCUT2D eigenvalue weighted by Crippen LogP contribution is -2.45. The van der Waals surface area contributed by atoms with Gasteiger partial charge in [0.1, 0.15) is 6.07 Å². The Balaban J connectivity index is 2.10. The highest BCUT2D eigenvalue weighted by molar-refractivity contribution is 5.80. The number of rotatable bonds is 6. The van der Waals surface area contributed by atoms with Gasteiger partial charge in [-0.15, -0.1) is 0 Å². The van der Waals surface area contributed by atoms with Crippen molar-refractivity contribution >= 4 is 11.7 Å². The number of nitrogens with zero attached hydrogens (tertiary/aromatic N) is 4. The predicted molar refractivity (Wildman–Crippen MR) is 92.2 cm³/mol. The molecule has 1 aromatic carbocycles. The molecule has 27 heavy (non-hydrogen) atoms. The number of nitrogens with one attached hydrogen (secondary N) is 1. The average Bonchev–Trinajstić information content (AvgIpc) is 2.60. The van der Waals surface area contributed by atoms with Gasteiger partial charge in [-0.05, 0) is 23.6 Å². The van der Waals surface area contributed by atoms with E-state index in [1.54, 1.807) is 6.07 Å². The van der Waals surface area contributed by atoms with Crippen molar-refractivity contribution in [2.45, 2.75) is 26.4 Å². The van der Waals surface area contributed by atoms with E-state index in [2.05, 4.69) is 15.4 Å². The number of amides is 1. The Morgan fingerprint density at radius 2 is 1.93 bits per heavy atom. The number of hydrogen-bond donors (Lipinski definition) is 1. The lowest BCUT2D eigenvalue weighted by Gasteiger charge is -2.26. The maximum absolute atomic E-state index is 12.6. The molecule has 0 radical (unpaired) electrons. The largest absolute Gasteiger partial charge is 0.416 e. The topological polar surface area (TPSA) is 81.9 Å². The van der Waals surface area contributed by atoms with Gasteiger partial charge in [-0.2, -0.15) is 23.4 Å². The highest BCUT2D eigenvalue weighted by atomic mass is 19.4. The molecule has 1 N–H and O–H groups in total. The van der Waals surface area contributed by atoms with Crippen LogP contribution in [0.5, 0.6) is 0 Å². The molecule has 1 aromatic heterocycles. The molecule has 6 nitrogen and oxygen atoms in total. The van der Waals surface area contributed by atoms with Crippen molar-refractivity contribution in [2.75, 3.05) is 11.6 Å². The van der Waals surface area contributed by atoms with Gasteiger partial charge in [-0.25, -0.2) is 4.98 Å². The summed E-state index contributed by atoms with van der Waals surface area (Å²) in [6.07, 6.45) is -3.10. The molecule has 0 atom stereocenters. The molecule has 0 saturated heterocycles. The van der Waals surface area contributed by atoms with Crippen LogP contribution in [0.1, 0.15) is 30.8 Å². The van der Waals surface area contributed by atoms with Crippen LogP contribution >= 0.6 is 0 Å². The second-order valence-corrected chi connectivity index (χ2v) is 6.26. The second-order valence-electron chi connectivity index (χ2n) is 6.26. The molecule has 0 bridgehead atoms. The molecule has 142 valence electrons. The van der Waals surface area contributed by atoms with Crippen molar-refractivity contribution in [2.24, 2.45) is 5.92 Å². The molecule has 0 aliphatic rings. The summed E-state index contributed by atoms with van der Waals surface area (Å²) in [4.78, 5) is 20.2. The Labute approximate surface area is 154 Å². The summed E-state index contributed by atoms with van der Waals surface area (Å²) in [6, 6.07) is 7.82. The fourth-order valence-corrected chi connectivity index (χ4v) is 2.30. The van der Waals surface area contributed by atoms with E-state index in [1.807, 2.05) is 19.9 Å². The molecular weight excluding hydrogens is 359 g/mol. The summed E-state index contributed by atoms with van der Waals surface area (Å²) in [5, 5.41) is 10.4. The molecule has 2 rings (SSSR count). The molecule has 9 heteroatoms. The van der Waals surface area contributed by atoms with Crippen molar-refractivity contribution in [3.8, 4) is 6.07 Å². The zero-order chi connectivity index (χ0) is 20.0. The third-order valence-corrected chi connectivity index (χ3v) is 3.47. The van der Waals surface area contributed by atoms with Crippen LogP contribution in [0.15, 0.2) is 36.5 Å². The molecule has 1 heterocycles. The Bertz CT molecular complexity index is 828. The van der Waals surface area contributed by atoms with Gasteiger partial charge in [-0.1, -0.05) is 26.0 Å². The smallest absolute Gasteiger partial charge is 0.273 e. The molecule has 0 aliphatic heterocycles. The highest BCUT2D eigenvalue weighted by Gasteiger charge is 2.30. The minimum atomic E-state index is -4.42. The summed E-state index contributed by atoms with van der Waals surface area (Å²) >= 11 is 0. The van der Waals surface area contributed by atoms with Gasteiger partial charge in [0.25, 0.3) is 0 Å². The van der Waals surface area contributed by atoms with E-state index in [1.165, 1.54) is 23.3 Å². The number of anilines is 1. The zero-order valence-corrected chi connectivity index (χ0v) is 14.8. The first-order chi connectivity index (χ1) is 12.7. The summed E-state index contributed by atoms with van der Waals surface area (Å²) in [5.74, 6) is 0.0960. The zero-order valence-electron chi connectivity index (χ0n) is 14.8. The number of aromatic nitrogens is 2. The van der Waals surface area contributed by atoms with Crippen molar-refractivity contribution in [3.05, 3.63) is 53.5 Å². The minimum Gasteiger partial charge on any atom is -0.273 e. The number of hydrogen-bond acceptors (Lipinski definition) is 5.